The molecule has 2 aromatic rings. The average molecular weight is 334 g/mol. The summed E-state index contributed by atoms with van der Waals surface area (Å²) < 4.78 is 5.95. The highest BCUT2D eigenvalue weighted by Gasteiger charge is 2.27. The van der Waals surface area contributed by atoms with Crippen molar-refractivity contribution in [2.75, 3.05) is 31.1 Å². The lowest BCUT2D eigenvalue weighted by molar-refractivity contribution is 0.0745. The van der Waals surface area contributed by atoms with E-state index in [1.165, 1.54) is 11.5 Å². The Balaban J connectivity index is 1.69. The average Bonchev–Trinajstić information content (AvgIpc) is 3.13. The maximum Gasteiger partial charge on any atom is 0.257 e. The van der Waals surface area contributed by atoms with Crippen LogP contribution >= 0.6 is 11.5 Å². The van der Waals surface area contributed by atoms with Gasteiger partial charge in [-0.1, -0.05) is 13.8 Å². The van der Waals surface area contributed by atoms with E-state index in [2.05, 4.69) is 33.2 Å². The monoisotopic (exact) mass is 334 g/mol. The van der Waals surface area contributed by atoms with Crippen LogP contribution in [0, 0.1) is 6.92 Å². The zero-order valence-corrected chi connectivity index (χ0v) is 14.8. The second-order valence-electron chi connectivity index (χ2n) is 6.16. The van der Waals surface area contributed by atoms with E-state index in [-0.39, 0.29) is 11.8 Å². The summed E-state index contributed by atoms with van der Waals surface area (Å²) in [5.41, 5.74) is 1.60. The third kappa shape index (κ3) is 3.21. The number of aryl methyl sites for hydroxylation is 2. The number of anilines is 1. The van der Waals surface area contributed by atoms with Crippen LogP contribution in [0.15, 0.2) is 6.20 Å². The Morgan fingerprint density at radius 2 is 1.96 bits per heavy atom. The summed E-state index contributed by atoms with van der Waals surface area (Å²) in [5, 5.41) is 5.38. The first-order valence-electron chi connectivity index (χ1n) is 7.83. The van der Waals surface area contributed by atoms with E-state index in [9.17, 15) is 4.79 Å². The van der Waals surface area contributed by atoms with E-state index in [0.717, 1.165) is 35.3 Å². The first-order valence-corrected chi connectivity index (χ1v) is 8.61. The maximum absolute atomic E-state index is 12.8. The summed E-state index contributed by atoms with van der Waals surface area (Å²) in [5.74, 6) is 1.12. The van der Waals surface area contributed by atoms with Gasteiger partial charge in [0.1, 0.15) is 5.82 Å². The highest BCUT2D eigenvalue weighted by molar-refractivity contribution is 7.09. The molecule has 0 aromatic carbocycles. The molecule has 0 saturated carbocycles. The molecule has 0 spiro atoms. The number of amides is 1. The maximum atomic E-state index is 12.8. The van der Waals surface area contributed by atoms with Gasteiger partial charge in [-0.25, -0.2) is 4.98 Å². The molecule has 23 heavy (non-hydrogen) atoms. The molecule has 1 amide bonds. The van der Waals surface area contributed by atoms with Crippen molar-refractivity contribution < 1.29 is 4.79 Å². The summed E-state index contributed by atoms with van der Waals surface area (Å²) in [4.78, 5) is 21.3. The van der Waals surface area contributed by atoms with Crippen LogP contribution < -0.4 is 4.90 Å². The van der Waals surface area contributed by atoms with Crippen molar-refractivity contribution in [2.24, 2.45) is 7.05 Å². The fourth-order valence-corrected chi connectivity index (χ4v) is 3.51. The molecule has 1 fully saturated rings. The highest BCUT2D eigenvalue weighted by Crippen LogP contribution is 2.22. The number of hydrogen-bond acceptors (Lipinski definition) is 6. The van der Waals surface area contributed by atoms with Crippen molar-refractivity contribution in [3.8, 4) is 0 Å². The van der Waals surface area contributed by atoms with E-state index < -0.39 is 0 Å². The van der Waals surface area contributed by atoms with Gasteiger partial charge in [0.25, 0.3) is 5.91 Å². The molecule has 0 N–H and O–H groups in total. The van der Waals surface area contributed by atoms with Crippen LogP contribution in [0.5, 0.6) is 0 Å². The molecule has 3 rings (SSSR count). The van der Waals surface area contributed by atoms with Crippen LogP contribution in [0.2, 0.25) is 0 Å². The van der Waals surface area contributed by atoms with Gasteiger partial charge in [0.2, 0.25) is 5.13 Å². The van der Waals surface area contributed by atoms with Gasteiger partial charge in [-0.2, -0.15) is 9.47 Å². The Morgan fingerprint density at radius 3 is 2.52 bits per heavy atom. The number of nitrogens with zero attached hydrogens (tertiary/aromatic N) is 6. The zero-order valence-electron chi connectivity index (χ0n) is 14.0. The Labute approximate surface area is 140 Å². The van der Waals surface area contributed by atoms with Crippen LogP contribution in [0.3, 0.4) is 0 Å². The van der Waals surface area contributed by atoms with E-state index in [1.54, 1.807) is 4.68 Å². The summed E-state index contributed by atoms with van der Waals surface area (Å²) >= 11 is 1.42. The predicted molar refractivity (Wildman–Crippen MR) is 90.1 cm³/mol. The van der Waals surface area contributed by atoms with Crippen LogP contribution in [0.25, 0.3) is 0 Å². The Hall–Kier alpha value is -1.96. The quantitative estimate of drug-likeness (QED) is 0.854. The van der Waals surface area contributed by atoms with E-state index in [4.69, 9.17) is 0 Å². The third-order valence-corrected chi connectivity index (χ3v) is 4.86. The van der Waals surface area contributed by atoms with Crippen molar-refractivity contribution in [3.63, 3.8) is 0 Å². The van der Waals surface area contributed by atoms with E-state index >= 15 is 0 Å². The van der Waals surface area contributed by atoms with Crippen molar-refractivity contribution in [1.29, 1.82) is 0 Å². The number of aromatic nitrogens is 4. The lowest BCUT2D eigenvalue weighted by Gasteiger charge is -2.34. The van der Waals surface area contributed by atoms with Gasteiger partial charge in [-0.15, -0.1) is 0 Å². The molecule has 124 valence electrons. The van der Waals surface area contributed by atoms with Crippen LogP contribution in [0.4, 0.5) is 5.13 Å². The Kier molecular flexibility index (Phi) is 4.34. The molecule has 2 aromatic heterocycles. The second-order valence-corrected chi connectivity index (χ2v) is 6.89. The van der Waals surface area contributed by atoms with Gasteiger partial charge in [-0.3, -0.25) is 9.48 Å². The predicted octanol–water partition coefficient (Wildman–Crippen LogP) is 1.67. The first-order chi connectivity index (χ1) is 11.0. The molecule has 3 heterocycles. The fraction of sp³-hybridized carbons (Fsp3) is 0.600. The Bertz CT molecular complexity index is 699. The van der Waals surface area contributed by atoms with E-state index in [1.807, 2.05) is 25.1 Å². The molecule has 8 heteroatoms. The summed E-state index contributed by atoms with van der Waals surface area (Å²) in [6.45, 7) is 9.00. The molecule has 0 bridgehead atoms. The molecule has 1 aliphatic heterocycles. The Morgan fingerprint density at radius 1 is 1.26 bits per heavy atom. The summed E-state index contributed by atoms with van der Waals surface area (Å²) in [6, 6.07) is 0. The van der Waals surface area contributed by atoms with Crippen LogP contribution in [0.1, 0.15) is 41.6 Å². The van der Waals surface area contributed by atoms with Gasteiger partial charge >= 0.3 is 0 Å². The lowest BCUT2D eigenvalue weighted by atomic mass is 10.1. The normalized spacial score (nSPS) is 15.5. The van der Waals surface area contributed by atoms with Gasteiger partial charge in [0, 0.05) is 51.0 Å². The van der Waals surface area contributed by atoms with Gasteiger partial charge in [-0.05, 0) is 12.8 Å². The molecule has 7 nitrogen and oxygen atoms in total. The molecule has 1 saturated heterocycles. The third-order valence-electron chi connectivity index (χ3n) is 3.99. The molecule has 0 radical (unpaired) electrons. The minimum Gasteiger partial charge on any atom is -0.343 e. The molecular formula is C15H22N6OS. The van der Waals surface area contributed by atoms with Crippen molar-refractivity contribution >= 4 is 22.6 Å². The first kappa shape index (κ1) is 15.9. The van der Waals surface area contributed by atoms with Crippen LogP contribution in [-0.2, 0) is 7.05 Å². The SMILES string of the molecule is Cc1nsc(N2CCN(C(=O)c3cn(C)nc3C(C)C)CC2)n1. The van der Waals surface area contributed by atoms with Gasteiger partial charge in [0.05, 0.1) is 11.3 Å². The second kappa shape index (κ2) is 6.27. The van der Waals surface area contributed by atoms with Gasteiger partial charge < -0.3 is 9.80 Å². The number of carbonyl (C=O) groups is 1. The lowest BCUT2D eigenvalue weighted by Crippen LogP contribution is -2.49. The minimum atomic E-state index is 0.0786. The van der Waals surface area contributed by atoms with Gasteiger partial charge in [0.15, 0.2) is 0 Å². The summed E-state index contributed by atoms with van der Waals surface area (Å²) in [7, 11) is 1.86. The number of rotatable bonds is 3. The largest absolute Gasteiger partial charge is 0.343 e. The molecule has 0 atom stereocenters. The number of carbonyl (C=O) groups excluding carboxylic acids is 1. The summed E-state index contributed by atoms with van der Waals surface area (Å²) in [6.07, 6.45) is 1.83. The zero-order chi connectivity index (χ0) is 16.6. The molecule has 0 aliphatic carbocycles. The minimum absolute atomic E-state index is 0.0786. The number of hydrogen-bond donors (Lipinski definition) is 0. The fourth-order valence-electron chi connectivity index (χ4n) is 2.78. The topological polar surface area (TPSA) is 67.2 Å². The number of piperazine rings is 1. The van der Waals surface area contributed by atoms with E-state index in [0.29, 0.717) is 13.1 Å². The van der Waals surface area contributed by atoms with Crippen molar-refractivity contribution in [2.45, 2.75) is 26.7 Å². The standard InChI is InChI=1S/C15H22N6OS/c1-10(2)13-12(9-19(4)17-13)14(22)20-5-7-21(8-6-20)15-16-11(3)18-23-15/h9-10H,5-8H2,1-4H3. The van der Waals surface area contributed by atoms with Crippen molar-refractivity contribution in [3.05, 3.63) is 23.3 Å². The molecule has 1 aliphatic rings. The van der Waals surface area contributed by atoms with Crippen molar-refractivity contribution in [1.82, 2.24) is 24.0 Å². The molecular weight excluding hydrogens is 312 g/mol. The highest BCUT2D eigenvalue weighted by atomic mass is 32.1. The smallest absolute Gasteiger partial charge is 0.257 e. The molecule has 0 unspecified atom stereocenters. The van der Waals surface area contributed by atoms with Crippen LogP contribution in [-0.4, -0.2) is 56.1 Å².